The highest BCUT2D eigenvalue weighted by molar-refractivity contribution is 5.83. The van der Waals surface area contributed by atoms with Crippen molar-refractivity contribution in [2.75, 3.05) is 0 Å². The second-order valence-electron chi connectivity index (χ2n) is 4.04. The number of carbonyl (C=O) groups excluding carboxylic acids is 1. The van der Waals surface area contributed by atoms with E-state index in [0.29, 0.717) is 5.92 Å². The molecule has 0 aliphatic carbocycles. The number of rotatable bonds is 3. The SMILES string of the molecule is CC(=O)C(c1cccc(C)n1)C(C)C. The molecule has 1 heterocycles. The van der Waals surface area contributed by atoms with Crippen molar-refractivity contribution < 1.29 is 4.79 Å². The molecule has 2 heteroatoms. The van der Waals surface area contributed by atoms with Crippen LogP contribution in [0.3, 0.4) is 0 Å². The molecule has 1 rings (SSSR count). The second kappa shape index (κ2) is 4.36. The summed E-state index contributed by atoms with van der Waals surface area (Å²) in [6.07, 6.45) is 0. The molecule has 0 aliphatic heterocycles. The molecular formula is C12H17NO. The van der Waals surface area contributed by atoms with E-state index in [-0.39, 0.29) is 11.7 Å². The highest BCUT2D eigenvalue weighted by Gasteiger charge is 2.21. The first-order valence-electron chi connectivity index (χ1n) is 4.96. The van der Waals surface area contributed by atoms with Crippen LogP contribution >= 0.6 is 0 Å². The number of ketones is 1. The first-order valence-corrected chi connectivity index (χ1v) is 4.96. The first kappa shape index (κ1) is 10.9. The van der Waals surface area contributed by atoms with Gasteiger partial charge >= 0.3 is 0 Å². The van der Waals surface area contributed by atoms with Crippen molar-refractivity contribution in [1.82, 2.24) is 4.98 Å². The van der Waals surface area contributed by atoms with Crippen LogP contribution in [0, 0.1) is 12.8 Å². The van der Waals surface area contributed by atoms with Crippen LogP contribution in [0.4, 0.5) is 0 Å². The van der Waals surface area contributed by atoms with E-state index >= 15 is 0 Å². The fourth-order valence-corrected chi connectivity index (χ4v) is 1.76. The highest BCUT2D eigenvalue weighted by atomic mass is 16.1. The molecule has 14 heavy (non-hydrogen) atoms. The summed E-state index contributed by atoms with van der Waals surface area (Å²) in [7, 11) is 0. The van der Waals surface area contributed by atoms with Gasteiger partial charge in [0.1, 0.15) is 5.78 Å². The Labute approximate surface area is 85.4 Å². The number of hydrogen-bond donors (Lipinski definition) is 0. The fourth-order valence-electron chi connectivity index (χ4n) is 1.76. The molecule has 0 aliphatic rings. The van der Waals surface area contributed by atoms with E-state index in [2.05, 4.69) is 18.8 Å². The Morgan fingerprint density at radius 2 is 2.00 bits per heavy atom. The summed E-state index contributed by atoms with van der Waals surface area (Å²) in [6, 6.07) is 5.83. The first-order chi connectivity index (χ1) is 6.52. The minimum absolute atomic E-state index is 0.0603. The monoisotopic (exact) mass is 191 g/mol. The normalized spacial score (nSPS) is 12.9. The van der Waals surface area contributed by atoms with Gasteiger partial charge in [-0.3, -0.25) is 9.78 Å². The van der Waals surface area contributed by atoms with E-state index in [9.17, 15) is 4.79 Å². The van der Waals surface area contributed by atoms with E-state index < -0.39 is 0 Å². The number of aromatic nitrogens is 1. The summed E-state index contributed by atoms with van der Waals surface area (Å²) in [5, 5.41) is 0. The Balaban J connectivity index is 3.05. The molecule has 0 saturated carbocycles. The molecule has 1 aromatic rings. The number of nitrogens with zero attached hydrogens (tertiary/aromatic N) is 1. The minimum atomic E-state index is -0.0603. The third kappa shape index (κ3) is 2.41. The Morgan fingerprint density at radius 1 is 1.36 bits per heavy atom. The zero-order valence-electron chi connectivity index (χ0n) is 9.24. The van der Waals surface area contributed by atoms with E-state index in [0.717, 1.165) is 11.4 Å². The van der Waals surface area contributed by atoms with Crippen molar-refractivity contribution in [2.24, 2.45) is 5.92 Å². The maximum absolute atomic E-state index is 11.5. The summed E-state index contributed by atoms with van der Waals surface area (Å²) in [5.41, 5.74) is 1.86. The van der Waals surface area contributed by atoms with Crippen molar-refractivity contribution in [3.8, 4) is 0 Å². The zero-order valence-corrected chi connectivity index (χ0v) is 9.24. The molecule has 1 unspecified atom stereocenters. The number of carbonyl (C=O) groups is 1. The quantitative estimate of drug-likeness (QED) is 0.735. The molecule has 0 radical (unpaired) electrons. The van der Waals surface area contributed by atoms with Crippen LogP contribution in [0.15, 0.2) is 18.2 Å². The van der Waals surface area contributed by atoms with Crippen molar-refractivity contribution in [2.45, 2.75) is 33.6 Å². The molecule has 1 atom stereocenters. The van der Waals surface area contributed by atoms with Gasteiger partial charge in [-0.2, -0.15) is 0 Å². The van der Waals surface area contributed by atoms with Gasteiger partial charge in [0.05, 0.1) is 11.6 Å². The predicted molar refractivity (Wildman–Crippen MR) is 57.2 cm³/mol. The molecular weight excluding hydrogens is 174 g/mol. The van der Waals surface area contributed by atoms with Crippen LogP contribution in [0.1, 0.15) is 38.1 Å². The third-order valence-electron chi connectivity index (χ3n) is 2.33. The summed E-state index contributed by atoms with van der Waals surface area (Å²) < 4.78 is 0. The van der Waals surface area contributed by atoms with Gasteiger partial charge in [0.2, 0.25) is 0 Å². The minimum Gasteiger partial charge on any atom is -0.299 e. The topological polar surface area (TPSA) is 30.0 Å². The molecule has 1 aromatic heterocycles. The number of pyridine rings is 1. The molecule has 0 spiro atoms. The van der Waals surface area contributed by atoms with Crippen LogP contribution in [0.25, 0.3) is 0 Å². The van der Waals surface area contributed by atoms with Crippen molar-refractivity contribution in [3.63, 3.8) is 0 Å². The Kier molecular flexibility index (Phi) is 3.39. The fraction of sp³-hybridized carbons (Fsp3) is 0.500. The Hall–Kier alpha value is -1.18. The summed E-state index contributed by atoms with van der Waals surface area (Å²) in [4.78, 5) is 15.9. The lowest BCUT2D eigenvalue weighted by atomic mass is 9.89. The van der Waals surface area contributed by atoms with Crippen LogP contribution in [-0.2, 0) is 4.79 Å². The van der Waals surface area contributed by atoms with Gasteiger partial charge in [-0.05, 0) is 31.9 Å². The predicted octanol–water partition coefficient (Wildman–Crippen LogP) is 2.72. The lowest BCUT2D eigenvalue weighted by molar-refractivity contribution is -0.119. The highest BCUT2D eigenvalue weighted by Crippen LogP contribution is 2.23. The van der Waals surface area contributed by atoms with Crippen LogP contribution < -0.4 is 0 Å². The van der Waals surface area contributed by atoms with Gasteiger partial charge < -0.3 is 0 Å². The van der Waals surface area contributed by atoms with Crippen LogP contribution in [0.5, 0.6) is 0 Å². The van der Waals surface area contributed by atoms with Crippen LogP contribution in [0.2, 0.25) is 0 Å². The van der Waals surface area contributed by atoms with Gasteiger partial charge in [0.15, 0.2) is 0 Å². The molecule has 0 saturated heterocycles. The van der Waals surface area contributed by atoms with Gasteiger partial charge in [0, 0.05) is 5.69 Å². The van der Waals surface area contributed by atoms with Crippen molar-refractivity contribution in [3.05, 3.63) is 29.6 Å². The van der Waals surface area contributed by atoms with E-state index in [1.54, 1.807) is 6.92 Å². The molecule has 0 bridgehead atoms. The lowest BCUT2D eigenvalue weighted by Gasteiger charge is -2.17. The van der Waals surface area contributed by atoms with Gasteiger partial charge in [0.25, 0.3) is 0 Å². The third-order valence-corrected chi connectivity index (χ3v) is 2.33. The standard InChI is InChI=1S/C12H17NO/c1-8(2)12(10(4)14)11-7-5-6-9(3)13-11/h5-8,12H,1-4H3. The average molecular weight is 191 g/mol. The lowest BCUT2D eigenvalue weighted by Crippen LogP contribution is -2.16. The van der Waals surface area contributed by atoms with Crippen LogP contribution in [-0.4, -0.2) is 10.8 Å². The molecule has 0 N–H and O–H groups in total. The van der Waals surface area contributed by atoms with E-state index in [1.807, 2.05) is 25.1 Å². The molecule has 0 fully saturated rings. The largest absolute Gasteiger partial charge is 0.299 e. The average Bonchev–Trinajstić information content (AvgIpc) is 2.02. The van der Waals surface area contributed by atoms with Crippen molar-refractivity contribution >= 4 is 5.78 Å². The van der Waals surface area contributed by atoms with Crippen molar-refractivity contribution in [1.29, 1.82) is 0 Å². The summed E-state index contributed by atoms with van der Waals surface area (Å²) in [5.74, 6) is 0.440. The van der Waals surface area contributed by atoms with E-state index in [4.69, 9.17) is 0 Å². The second-order valence-corrected chi connectivity index (χ2v) is 4.04. The Morgan fingerprint density at radius 3 is 2.43 bits per heavy atom. The molecule has 2 nitrogen and oxygen atoms in total. The van der Waals surface area contributed by atoms with E-state index in [1.165, 1.54) is 0 Å². The molecule has 0 amide bonds. The number of Topliss-reactive ketones (excluding diaryl/α,β-unsaturated/α-hetero) is 1. The molecule has 76 valence electrons. The van der Waals surface area contributed by atoms with Gasteiger partial charge in [-0.1, -0.05) is 19.9 Å². The zero-order chi connectivity index (χ0) is 10.7. The van der Waals surface area contributed by atoms with Gasteiger partial charge in [-0.25, -0.2) is 0 Å². The van der Waals surface area contributed by atoms with Gasteiger partial charge in [-0.15, -0.1) is 0 Å². The number of aryl methyl sites for hydroxylation is 1. The number of hydrogen-bond acceptors (Lipinski definition) is 2. The summed E-state index contributed by atoms with van der Waals surface area (Å²) >= 11 is 0. The maximum atomic E-state index is 11.5. The molecule has 0 aromatic carbocycles. The summed E-state index contributed by atoms with van der Waals surface area (Å²) in [6.45, 7) is 7.68. The smallest absolute Gasteiger partial charge is 0.139 e. The Bertz CT molecular complexity index is 331. The maximum Gasteiger partial charge on any atom is 0.139 e.